The largest absolute Gasteiger partial charge is 0.393 e. The molecule has 1 aromatic rings. The Morgan fingerprint density at radius 1 is 1.50 bits per heavy atom. The molecular weight excluding hydrogens is 315 g/mol. The number of thiazole rings is 1. The van der Waals surface area contributed by atoms with Gasteiger partial charge in [0.25, 0.3) is 0 Å². The van der Waals surface area contributed by atoms with Crippen LogP contribution in [0.5, 0.6) is 0 Å². The quantitative estimate of drug-likeness (QED) is 0.920. The number of alkyl halides is 3. The van der Waals surface area contributed by atoms with Gasteiger partial charge in [0.15, 0.2) is 0 Å². The molecule has 0 aliphatic carbocycles. The maximum absolute atomic E-state index is 12.8. The summed E-state index contributed by atoms with van der Waals surface area (Å²) in [6.45, 7) is 3.96. The minimum atomic E-state index is -4.23. The standard InChI is InChI=1S/C14H20F3N3OS/c1-13(2,12-18-5-7-22-12)19-8-11(21)20-6-3-4-10(9-20)14(15,16)17/h5,7,10,19H,3-4,6,8-9H2,1-2H3/t10-/m0/s1. The Hall–Kier alpha value is -1.15. The van der Waals surface area contributed by atoms with Crippen LogP contribution >= 0.6 is 11.3 Å². The Balaban J connectivity index is 1.89. The number of amides is 1. The lowest BCUT2D eigenvalue weighted by Gasteiger charge is -2.34. The highest BCUT2D eigenvalue weighted by atomic mass is 32.1. The SMILES string of the molecule is CC(C)(NCC(=O)N1CCC[C@H](C(F)(F)F)C1)c1nccs1. The van der Waals surface area contributed by atoms with Crippen molar-refractivity contribution in [2.45, 2.75) is 38.4 Å². The maximum Gasteiger partial charge on any atom is 0.393 e. The zero-order chi connectivity index (χ0) is 16.4. The van der Waals surface area contributed by atoms with Gasteiger partial charge in [0, 0.05) is 24.7 Å². The Kier molecular flexibility index (Phi) is 5.11. The van der Waals surface area contributed by atoms with E-state index in [1.807, 2.05) is 19.2 Å². The van der Waals surface area contributed by atoms with Gasteiger partial charge in [-0.05, 0) is 26.7 Å². The highest BCUT2D eigenvalue weighted by Crippen LogP contribution is 2.33. The number of halogens is 3. The molecule has 0 aromatic carbocycles. The van der Waals surface area contributed by atoms with Crippen molar-refractivity contribution in [2.75, 3.05) is 19.6 Å². The third kappa shape index (κ3) is 4.19. The second-order valence-corrected chi connectivity index (χ2v) is 6.93. The number of carbonyl (C=O) groups is 1. The van der Waals surface area contributed by atoms with E-state index in [0.29, 0.717) is 13.0 Å². The molecule has 1 N–H and O–H groups in total. The molecule has 0 bridgehead atoms. The van der Waals surface area contributed by atoms with Crippen molar-refractivity contribution in [3.63, 3.8) is 0 Å². The van der Waals surface area contributed by atoms with E-state index in [9.17, 15) is 18.0 Å². The fraction of sp³-hybridized carbons (Fsp3) is 0.714. The summed E-state index contributed by atoms with van der Waals surface area (Å²) in [7, 11) is 0. The number of piperidine rings is 1. The van der Waals surface area contributed by atoms with Crippen LogP contribution in [0.4, 0.5) is 13.2 Å². The summed E-state index contributed by atoms with van der Waals surface area (Å²) in [4.78, 5) is 17.7. The number of hydrogen-bond acceptors (Lipinski definition) is 4. The molecule has 1 amide bonds. The van der Waals surface area contributed by atoms with Crippen molar-refractivity contribution in [1.29, 1.82) is 0 Å². The number of nitrogens with zero attached hydrogens (tertiary/aromatic N) is 2. The molecule has 0 saturated carbocycles. The first-order valence-electron chi connectivity index (χ1n) is 7.19. The van der Waals surface area contributed by atoms with Crippen LogP contribution in [-0.4, -0.2) is 41.6 Å². The third-order valence-corrected chi connectivity index (χ3v) is 4.98. The van der Waals surface area contributed by atoms with Crippen LogP contribution in [0.15, 0.2) is 11.6 Å². The van der Waals surface area contributed by atoms with Crippen molar-refractivity contribution in [1.82, 2.24) is 15.2 Å². The lowest BCUT2D eigenvalue weighted by atomic mass is 9.97. The van der Waals surface area contributed by atoms with Gasteiger partial charge in [-0.2, -0.15) is 13.2 Å². The molecule has 1 aliphatic heterocycles. The van der Waals surface area contributed by atoms with Crippen molar-refractivity contribution in [3.8, 4) is 0 Å². The first-order chi connectivity index (χ1) is 10.2. The van der Waals surface area contributed by atoms with Gasteiger partial charge in [-0.1, -0.05) is 0 Å². The van der Waals surface area contributed by atoms with E-state index in [2.05, 4.69) is 10.3 Å². The Morgan fingerprint density at radius 3 is 2.82 bits per heavy atom. The highest BCUT2D eigenvalue weighted by Gasteiger charge is 2.42. The predicted octanol–water partition coefficient (Wildman–Crippen LogP) is 2.77. The summed E-state index contributed by atoms with van der Waals surface area (Å²) in [5.74, 6) is -1.70. The molecule has 124 valence electrons. The fourth-order valence-electron chi connectivity index (χ4n) is 2.49. The molecule has 0 unspecified atom stereocenters. The van der Waals surface area contributed by atoms with Crippen LogP contribution in [0.1, 0.15) is 31.7 Å². The predicted molar refractivity (Wildman–Crippen MR) is 78.5 cm³/mol. The van der Waals surface area contributed by atoms with Gasteiger partial charge >= 0.3 is 6.18 Å². The van der Waals surface area contributed by atoms with Gasteiger partial charge in [-0.3, -0.25) is 10.1 Å². The molecule has 0 radical (unpaired) electrons. The molecule has 22 heavy (non-hydrogen) atoms. The summed E-state index contributed by atoms with van der Waals surface area (Å²) in [6.07, 6.45) is -2.05. The van der Waals surface area contributed by atoms with Gasteiger partial charge in [-0.15, -0.1) is 11.3 Å². The lowest BCUT2D eigenvalue weighted by Crippen LogP contribution is -2.49. The number of carbonyl (C=O) groups excluding carboxylic acids is 1. The van der Waals surface area contributed by atoms with Crippen molar-refractivity contribution in [3.05, 3.63) is 16.6 Å². The van der Waals surface area contributed by atoms with Crippen molar-refractivity contribution in [2.24, 2.45) is 5.92 Å². The van der Waals surface area contributed by atoms with E-state index in [4.69, 9.17) is 0 Å². The normalized spacial score (nSPS) is 20.2. The van der Waals surface area contributed by atoms with Crippen LogP contribution in [0.3, 0.4) is 0 Å². The fourth-order valence-corrected chi connectivity index (χ4v) is 3.23. The summed E-state index contributed by atoms with van der Waals surface area (Å²) < 4.78 is 38.3. The second kappa shape index (κ2) is 6.54. The van der Waals surface area contributed by atoms with Crippen LogP contribution in [0, 0.1) is 5.92 Å². The van der Waals surface area contributed by atoms with E-state index in [1.165, 1.54) is 16.2 Å². The van der Waals surface area contributed by atoms with Crippen LogP contribution < -0.4 is 5.32 Å². The Labute approximate surface area is 131 Å². The monoisotopic (exact) mass is 335 g/mol. The van der Waals surface area contributed by atoms with E-state index >= 15 is 0 Å². The summed E-state index contributed by atoms with van der Waals surface area (Å²) in [5, 5.41) is 5.77. The number of rotatable bonds is 4. The van der Waals surface area contributed by atoms with Crippen molar-refractivity contribution >= 4 is 17.2 Å². The van der Waals surface area contributed by atoms with E-state index in [-0.39, 0.29) is 25.4 Å². The molecule has 0 spiro atoms. The van der Waals surface area contributed by atoms with E-state index in [0.717, 1.165) is 5.01 Å². The zero-order valence-corrected chi connectivity index (χ0v) is 13.4. The molecular formula is C14H20F3N3OS. The smallest absolute Gasteiger partial charge is 0.341 e. The number of aromatic nitrogens is 1. The van der Waals surface area contributed by atoms with Gasteiger partial charge in [0.1, 0.15) is 5.01 Å². The molecule has 1 aromatic heterocycles. The first-order valence-corrected chi connectivity index (χ1v) is 8.07. The zero-order valence-electron chi connectivity index (χ0n) is 12.6. The minimum Gasteiger partial charge on any atom is -0.341 e. The molecule has 2 heterocycles. The molecule has 1 aliphatic rings. The topological polar surface area (TPSA) is 45.2 Å². The summed E-state index contributed by atoms with van der Waals surface area (Å²) in [6, 6.07) is 0. The van der Waals surface area contributed by atoms with E-state index in [1.54, 1.807) is 6.20 Å². The highest BCUT2D eigenvalue weighted by molar-refractivity contribution is 7.09. The number of nitrogens with one attached hydrogen (secondary N) is 1. The third-order valence-electron chi connectivity index (χ3n) is 3.89. The molecule has 1 saturated heterocycles. The number of likely N-dealkylation sites (tertiary alicyclic amines) is 1. The molecule has 1 fully saturated rings. The van der Waals surface area contributed by atoms with Gasteiger partial charge < -0.3 is 4.90 Å². The summed E-state index contributed by atoms with van der Waals surface area (Å²) >= 11 is 1.47. The number of hydrogen-bond donors (Lipinski definition) is 1. The Morgan fingerprint density at radius 2 is 2.23 bits per heavy atom. The molecule has 4 nitrogen and oxygen atoms in total. The first kappa shape index (κ1) is 17.2. The average molecular weight is 335 g/mol. The lowest BCUT2D eigenvalue weighted by molar-refractivity contribution is -0.187. The van der Waals surface area contributed by atoms with Gasteiger partial charge in [-0.25, -0.2) is 4.98 Å². The van der Waals surface area contributed by atoms with Gasteiger partial charge in [0.05, 0.1) is 18.0 Å². The summed E-state index contributed by atoms with van der Waals surface area (Å²) in [5.41, 5.74) is -0.483. The van der Waals surface area contributed by atoms with Gasteiger partial charge in [0.2, 0.25) is 5.91 Å². The van der Waals surface area contributed by atoms with Crippen molar-refractivity contribution < 1.29 is 18.0 Å². The van der Waals surface area contributed by atoms with Crippen LogP contribution in [0.2, 0.25) is 0 Å². The second-order valence-electron chi connectivity index (χ2n) is 6.04. The molecule has 8 heteroatoms. The van der Waals surface area contributed by atoms with E-state index < -0.39 is 17.6 Å². The maximum atomic E-state index is 12.8. The molecule has 2 rings (SSSR count). The van der Waals surface area contributed by atoms with Crippen LogP contribution in [-0.2, 0) is 10.3 Å². The average Bonchev–Trinajstić information content (AvgIpc) is 2.99. The minimum absolute atomic E-state index is 0.0111. The Bertz CT molecular complexity index is 502. The molecule has 1 atom stereocenters. The van der Waals surface area contributed by atoms with Crippen LogP contribution in [0.25, 0.3) is 0 Å².